The molecule has 0 bridgehead atoms. The molecule has 3 aromatic rings. The van der Waals surface area contributed by atoms with Crippen molar-refractivity contribution in [3.05, 3.63) is 58.4 Å². The van der Waals surface area contributed by atoms with Crippen LogP contribution >= 0.6 is 0 Å². The van der Waals surface area contributed by atoms with Crippen molar-refractivity contribution in [3.63, 3.8) is 0 Å². The molecule has 0 aliphatic rings. The van der Waals surface area contributed by atoms with Crippen LogP contribution < -0.4 is 5.43 Å². The highest BCUT2D eigenvalue weighted by Gasteiger charge is 2.09. The SMILES string of the molecule is Cc1cc(C)c(/C=N/NC(=O)Cc2ccc3nc[nH]c3c2)c(O)c1C. The highest BCUT2D eigenvalue weighted by molar-refractivity contribution is 5.88. The van der Waals surface area contributed by atoms with Crippen molar-refractivity contribution < 1.29 is 9.90 Å². The summed E-state index contributed by atoms with van der Waals surface area (Å²) in [5, 5.41) is 14.2. The number of nitrogens with one attached hydrogen (secondary N) is 2. The van der Waals surface area contributed by atoms with Gasteiger partial charge < -0.3 is 10.1 Å². The molecule has 1 amide bonds. The number of hydrogen-bond donors (Lipinski definition) is 3. The zero-order valence-corrected chi connectivity index (χ0v) is 14.4. The third-order valence-corrected chi connectivity index (χ3v) is 4.29. The molecule has 0 saturated heterocycles. The number of aryl methyl sites for hydroxylation is 2. The largest absolute Gasteiger partial charge is 0.507 e. The van der Waals surface area contributed by atoms with Crippen molar-refractivity contribution in [2.75, 3.05) is 0 Å². The number of H-pyrrole nitrogens is 1. The van der Waals surface area contributed by atoms with Crippen LogP contribution in [-0.2, 0) is 11.2 Å². The monoisotopic (exact) mass is 336 g/mol. The number of aromatic amines is 1. The number of imidazole rings is 1. The Morgan fingerprint density at radius 1 is 1.28 bits per heavy atom. The average molecular weight is 336 g/mol. The standard InChI is InChI=1S/C19H20N4O2/c1-11-6-12(2)15(19(25)13(11)3)9-22-23-18(24)8-14-4-5-16-17(7-14)21-10-20-16/h4-7,9-10,25H,8H2,1-3H3,(H,20,21)(H,23,24)/b22-9+. The molecule has 1 heterocycles. The van der Waals surface area contributed by atoms with Gasteiger partial charge >= 0.3 is 0 Å². The van der Waals surface area contributed by atoms with E-state index in [9.17, 15) is 9.90 Å². The van der Waals surface area contributed by atoms with Gasteiger partial charge in [0, 0.05) is 5.56 Å². The number of aromatic nitrogens is 2. The number of fused-ring (bicyclic) bond motifs is 1. The molecule has 3 rings (SSSR count). The number of amides is 1. The van der Waals surface area contributed by atoms with Gasteiger partial charge in [0.25, 0.3) is 0 Å². The predicted octanol–water partition coefficient (Wildman–Crippen LogP) is 2.89. The third kappa shape index (κ3) is 3.52. The zero-order valence-electron chi connectivity index (χ0n) is 14.4. The predicted molar refractivity (Wildman–Crippen MR) is 97.9 cm³/mol. The number of benzene rings is 2. The Balaban J connectivity index is 1.68. The topological polar surface area (TPSA) is 90.4 Å². The van der Waals surface area contributed by atoms with Gasteiger partial charge in [-0.25, -0.2) is 10.4 Å². The number of phenols is 1. The number of hydrogen-bond acceptors (Lipinski definition) is 4. The van der Waals surface area contributed by atoms with Crippen LogP contribution in [-0.4, -0.2) is 27.2 Å². The second kappa shape index (κ2) is 6.76. The molecule has 6 nitrogen and oxygen atoms in total. The average Bonchev–Trinajstić information content (AvgIpc) is 3.03. The molecule has 0 radical (unpaired) electrons. The van der Waals surface area contributed by atoms with E-state index in [2.05, 4.69) is 20.5 Å². The van der Waals surface area contributed by atoms with Gasteiger partial charge in [0.2, 0.25) is 5.91 Å². The van der Waals surface area contributed by atoms with E-state index in [1.54, 1.807) is 6.33 Å². The Kier molecular flexibility index (Phi) is 4.52. The van der Waals surface area contributed by atoms with Crippen LogP contribution in [0.3, 0.4) is 0 Å². The molecular formula is C19H20N4O2. The summed E-state index contributed by atoms with van der Waals surface area (Å²) in [5.41, 5.74) is 8.48. The maximum atomic E-state index is 12.1. The van der Waals surface area contributed by atoms with Gasteiger partial charge in [-0.05, 0) is 55.2 Å². The lowest BCUT2D eigenvalue weighted by Crippen LogP contribution is -2.19. The Labute approximate surface area is 145 Å². The molecule has 0 fully saturated rings. The summed E-state index contributed by atoms with van der Waals surface area (Å²) >= 11 is 0. The van der Waals surface area contributed by atoms with E-state index in [0.29, 0.717) is 5.56 Å². The van der Waals surface area contributed by atoms with E-state index < -0.39 is 0 Å². The van der Waals surface area contributed by atoms with Crippen molar-refractivity contribution in [2.24, 2.45) is 5.10 Å². The maximum absolute atomic E-state index is 12.1. The molecular weight excluding hydrogens is 316 g/mol. The fourth-order valence-corrected chi connectivity index (χ4v) is 2.74. The summed E-state index contributed by atoms with van der Waals surface area (Å²) in [6.45, 7) is 5.70. The van der Waals surface area contributed by atoms with E-state index in [1.165, 1.54) is 6.21 Å². The smallest absolute Gasteiger partial charge is 0.244 e. The number of hydrazone groups is 1. The van der Waals surface area contributed by atoms with Gasteiger partial charge in [-0.1, -0.05) is 12.1 Å². The van der Waals surface area contributed by atoms with Gasteiger partial charge in [0.1, 0.15) is 5.75 Å². The highest BCUT2D eigenvalue weighted by atomic mass is 16.3. The van der Waals surface area contributed by atoms with Crippen LogP contribution in [0, 0.1) is 20.8 Å². The number of aromatic hydroxyl groups is 1. The summed E-state index contributed by atoms with van der Waals surface area (Å²) in [5.74, 6) is -0.0312. The van der Waals surface area contributed by atoms with Crippen LogP contribution in [0.5, 0.6) is 5.75 Å². The minimum absolute atomic E-state index is 0.195. The van der Waals surface area contributed by atoms with Gasteiger partial charge in [-0.2, -0.15) is 5.10 Å². The minimum Gasteiger partial charge on any atom is -0.507 e. The number of carbonyl (C=O) groups excluding carboxylic acids is 1. The van der Waals surface area contributed by atoms with Crippen LogP contribution in [0.1, 0.15) is 27.8 Å². The number of nitrogens with zero attached hydrogens (tertiary/aromatic N) is 2. The molecule has 0 aliphatic carbocycles. The van der Waals surface area contributed by atoms with Crippen LogP contribution in [0.25, 0.3) is 11.0 Å². The summed E-state index contributed by atoms with van der Waals surface area (Å²) in [6.07, 6.45) is 3.31. The molecule has 6 heteroatoms. The van der Waals surface area contributed by atoms with E-state index in [0.717, 1.165) is 33.3 Å². The lowest BCUT2D eigenvalue weighted by molar-refractivity contribution is -0.120. The fourth-order valence-electron chi connectivity index (χ4n) is 2.74. The molecule has 0 atom stereocenters. The number of rotatable bonds is 4. The van der Waals surface area contributed by atoms with E-state index in [1.807, 2.05) is 45.0 Å². The molecule has 1 aromatic heterocycles. The van der Waals surface area contributed by atoms with Gasteiger partial charge in [-0.15, -0.1) is 0 Å². The van der Waals surface area contributed by atoms with Gasteiger partial charge in [0.05, 0.1) is 30.0 Å². The first-order valence-electron chi connectivity index (χ1n) is 7.99. The Hall–Kier alpha value is -3.15. The summed E-state index contributed by atoms with van der Waals surface area (Å²) in [4.78, 5) is 19.2. The second-order valence-electron chi connectivity index (χ2n) is 6.12. The molecule has 0 unspecified atom stereocenters. The van der Waals surface area contributed by atoms with Crippen molar-refractivity contribution in [3.8, 4) is 5.75 Å². The lowest BCUT2D eigenvalue weighted by atomic mass is 10.00. The second-order valence-corrected chi connectivity index (χ2v) is 6.12. The van der Waals surface area contributed by atoms with E-state index in [-0.39, 0.29) is 18.1 Å². The summed E-state index contributed by atoms with van der Waals surface area (Å²) < 4.78 is 0. The molecule has 0 aliphatic heterocycles. The van der Waals surface area contributed by atoms with Crippen molar-refractivity contribution >= 4 is 23.2 Å². The van der Waals surface area contributed by atoms with Crippen molar-refractivity contribution in [1.82, 2.24) is 15.4 Å². The first kappa shape index (κ1) is 16.7. The Morgan fingerprint density at radius 3 is 2.88 bits per heavy atom. The summed E-state index contributed by atoms with van der Waals surface area (Å²) in [6, 6.07) is 7.61. The van der Waals surface area contributed by atoms with Crippen molar-refractivity contribution in [1.29, 1.82) is 0 Å². The molecule has 0 spiro atoms. The Bertz CT molecular complexity index is 973. The molecule has 25 heavy (non-hydrogen) atoms. The minimum atomic E-state index is -0.226. The molecule has 128 valence electrons. The molecule has 3 N–H and O–H groups in total. The first-order valence-corrected chi connectivity index (χ1v) is 7.99. The highest BCUT2D eigenvalue weighted by Crippen LogP contribution is 2.26. The first-order chi connectivity index (χ1) is 12.0. The van der Waals surface area contributed by atoms with Gasteiger partial charge in [-0.3, -0.25) is 4.79 Å². The quantitative estimate of drug-likeness (QED) is 0.505. The van der Waals surface area contributed by atoms with Crippen LogP contribution in [0.2, 0.25) is 0 Å². The summed E-state index contributed by atoms with van der Waals surface area (Å²) in [7, 11) is 0. The Morgan fingerprint density at radius 2 is 2.08 bits per heavy atom. The van der Waals surface area contributed by atoms with E-state index >= 15 is 0 Å². The lowest BCUT2D eigenvalue weighted by Gasteiger charge is -2.09. The van der Waals surface area contributed by atoms with Crippen LogP contribution in [0.4, 0.5) is 0 Å². The fraction of sp³-hybridized carbons (Fsp3) is 0.211. The number of phenolic OH excluding ortho intramolecular Hbond substituents is 1. The van der Waals surface area contributed by atoms with Crippen LogP contribution in [0.15, 0.2) is 35.7 Å². The normalized spacial score (nSPS) is 11.3. The van der Waals surface area contributed by atoms with Crippen molar-refractivity contribution in [2.45, 2.75) is 27.2 Å². The molecule has 0 saturated carbocycles. The zero-order chi connectivity index (χ0) is 18.0. The van der Waals surface area contributed by atoms with Gasteiger partial charge in [0.15, 0.2) is 0 Å². The van der Waals surface area contributed by atoms with E-state index in [4.69, 9.17) is 0 Å². The molecule has 2 aromatic carbocycles. The number of carbonyl (C=O) groups is 1. The third-order valence-electron chi connectivity index (χ3n) is 4.29. The maximum Gasteiger partial charge on any atom is 0.244 e.